The van der Waals surface area contributed by atoms with Gasteiger partial charge in [-0.3, -0.25) is 14.6 Å². The van der Waals surface area contributed by atoms with Gasteiger partial charge in [-0.2, -0.15) is 5.10 Å². The van der Waals surface area contributed by atoms with Gasteiger partial charge in [-0.1, -0.05) is 6.07 Å². The molecule has 0 aliphatic carbocycles. The molecule has 7 heteroatoms. The molecule has 0 atom stereocenters. The molecule has 7 nitrogen and oxygen atoms in total. The minimum atomic E-state index is -0.331. The van der Waals surface area contributed by atoms with Crippen LogP contribution in [0.2, 0.25) is 0 Å². The van der Waals surface area contributed by atoms with Crippen molar-refractivity contribution in [2.45, 2.75) is 19.8 Å². The number of hydrogen-bond acceptors (Lipinski definition) is 4. The number of rotatable bonds is 4. The van der Waals surface area contributed by atoms with Crippen LogP contribution in [-0.2, 0) is 0 Å². The van der Waals surface area contributed by atoms with Crippen LogP contribution < -0.4 is 5.32 Å². The van der Waals surface area contributed by atoms with E-state index in [1.165, 1.54) is 0 Å². The zero-order chi connectivity index (χ0) is 19.5. The van der Waals surface area contributed by atoms with Crippen LogP contribution in [0.4, 0.5) is 5.69 Å². The van der Waals surface area contributed by atoms with Crippen molar-refractivity contribution in [1.29, 1.82) is 0 Å². The number of likely N-dealkylation sites (tertiary alicyclic amines) is 1. The SMILES string of the molecule is Cc1c(NC(=O)c2cc(-n3cccn3)ccn2)cccc1C(=O)N1CCCC1. The van der Waals surface area contributed by atoms with Gasteiger partial charge < -0.3 is 10.2 Å². The molecule has 1 fully saturated rings. The van der Waals surface area contributed by atoms with Gasteiger partial charge in [-0.25, -0.2) is 4.68 Å². The first-order valence-corrected chi connectivity index (χ1v) is 9.30. The zero-order valence-electron chi connectivity index (χ0n) is 15.6. The maximum atomic E-state index is 12.7. The lowest BCUT2D eigenvalue weighted by Gasteiger charge is -2.18. The molecule has 1 N–H and O–H groups in total. The first kappa shape index (κ1) is 17.9. The number of nitrogens with zero attached hydrogens (tertiary/aromatic N) is 4. The first-order chi connectivity index (χ1) is 13.6. The van der Waals surface area contributed by atoms with Gasteiger partial charge >= 0.3 is 0 Å². The lowest BCUT2D eigenvalue weighted by Crippen LogP contribution is -2.28. The fraction of sp³-hybridized carbons (Fsp3) is 0.238. The number of carbonyl (C=O) groups excluding carboxylic acids is 2. The Balaban J connectivity index is 1.56. The third-order valence-corrected chi connectivity index (χ3v) is 4.95. The Morgan fingerprint density at radius 2 is 1.89 bits per heavy atom. The molecule has 1 aliphatic rings. The summed E-state index contributed by atoms with van der Waals surface area (Å²) in [6.07, 6.45) is 7.13. The summed E-state index contributed by atoms with van der Waals surface area (Å²) in [6, 6.07) is 10.7. The Morgan fingerprint density at radius 3 is 2.64 bits per heavy atom. The molecule has 0 bridgehead atoms. The summed E-state index contributed by atoms with van der Waals surface area (Å²) in [4.78, 5) is 31.5. The molecule has 1 aliphatic heterocycles. The number of amides is 2. The molecule has 0 saturated carbocycles. The number of pyridine rings is 1. The molecule has 0 radical (unpaired) electrons. The Morgan fingerprint density at radius 1 is 1.07 bits per heavy atom. The van der Waals surface area contributed by atoms with E-state index in [-0.39, 0.29) is 17.5 Å². The van der Waals surface area contributed by atoms with Crippen LogP contribution in [-0.4, -0.2) is 44.6 Å². The van der Waals surface area contributed by atoms with Crippen molar-refractivity contribution in [2.75, 3.05) is 18.4 Å². The highest BCUT2D eigenvalue weighted by Crippen LogP contribution is 2.23. The summed E-state index contributed by atoms with van der Waals surface area (Å²) in [7, 11) is 0. The molecule has 2 aromatic heterocycles. The predicted molar refractivity (Wildman–Crippen MR) is 106 cm³/mol. The molecular formula is C21H21N5O2. The fourth-order valence-corrected chi connectivity index (χ4v) is 3.39. The second-order valence-electron chi connectivity index (χ2n) is 6.78. The molecular weight excluding hydrogens is 354 g/mol. The zero-order valence-corrected chi connectivity index (χ0v) is 15.6. The quantitative estimate of drug-likeness (QED) is 0.760. The Kier molecular flexibility index (Phi) is 4.89. The predicted octanol–water partition coefficient (Wildman–Crippen LogP) is 3.06. The molecule has 3 aromatic rings. The van der Waals surface area contributed by atoms with Gasteiger partial charge in [0.25, 0.3) is 11.8 Å². The standard InChI is InChI=1S/C21H21N5O2/c1-15-17(21(28)25-11-2-3-12-25)6-4-7-18(15)24-20(27)19-14-16(8-10-22-19)26-13-5-9-23-26/h4-10,13-14H,2-3,11-12H2,1H3,(H,24,27). The van der Waals surface area contributed by atoms with E-state index in [4.69, 9.17) is 0 Å². The summed E-state index contributed by atoms with van der Waals surface area (Å²) in [5, 5.41) is 7.05. The van der Waals surface area contributed by atoms with Crippen LogP contribution in [0.1, 0.15) is 39.3 Å². The molecule has 0 unspecified atom stereocenters. The number of benzene rings is 1. The summed E-state index contributed by atoms with van der Waals surface area (Å²) < 4.78 is 1.67. The number of carbonyl (C=O) groups is 2. The minimum absolute atomic E-state index is 0.0184. The summed E-state index contributed by atoms with van der Waals surface area (Å²) in [6.45, 7) is 3.44. The summed E-state index contributed by atoms with van der Waals surface area (Å²) >= 11 is 0. The smallest absolute Gasteiger partial charge is 0.274 e. The van der Waals surface area contributed by atoms with E-state index in [0.717, 1.165) is 37.2 Å². The minimum Gasteiger partial charge on any atom is -0.339 e. The van der Waals surface area contributed by atoms with Gasteiger partial charge in [0.15, 0.2) is 0 Å². The van der Waals surface area contributed by atoms with Gasteiger partial charge in [0.2, 0.25) is 0 Å². The van der Waals surface area contributed by atoms with Gasteiger partial charge in [0, 0.05) is 42.9 Å². The van der Waals surface area contributed by atoms with E-state index in [0.29, 0.717) is 11.3 Å². The molecule has 2 amide bonds. The Labute approximate surface area is 163 Å². The van der Waals surface area contributed by atoms with Crippen molar-refractivity contribution in [3.63, 3.8) is 0 Å². The Hall–Kier alpha value is -3.48. The lowest BCUT2D eigenvalue weighted by molar-refractivity contribution is 0.0791. The molecule has 0 spiro atoms. The molecule has 28 heavy (non-hydrogen) atoms. The van der Waals surface area contributed by atoms with Gasteiger partial charge in [-0.15, -0.1) is 0 Å². The van der Waals surface area contributed by atoms with E-state index < -0.39 is 0 Å². The van der Waals surface area contributed by atoms with Gasteiger partial charge in [-0.05, 0) is 55.7 Å². The van der Waals surface area contributed by atoms with E-state index in [2.05, 4.69) is 15.4 Å². The maximum Gasteiger partial charge on any atom is 0.274 e. The van der Waals surface area contributed by atoms with Crippen molar-refractivity contribution >= 4 is 17.5 Å². The summed E-state index contributed by atoms with van der Waals surface area (Å²) in [5.74, 6) is -0.312. The normalized spacial score (nSPS) is 13.5. The fourth-order valence-electron chi connectivity index (χ4n) is 3.39. The third-order valence-electron chi connectivity index (χ3n) is 4.95. The monoisotopic (exact) mass is 375 g/mol. The highest BCUT2D eigenvalue weighted by Gasteiger charge is 2.22. The van der Waals surface area contributed by atoms with E-state index in [1.807, 2.05) is 24.0 Å². The second kappa shape index (κ2) is 7.64. The van der Waals surface area contributed by atoms with Crippen LogP contribution in [0.5, 0.6) is 0 Å². The number of anilines is 1. The van der Waals surface area contributed by atoms with Crippen LogP contribution in [0.3, 0.4) is 0 Å². The van der Waals surface area contributed by atoms with Crippen LogP contribution >= 0.6 is 0 Å². The topological polar surface area (TPSA) is 80.1 Å². The van der Waals surface area contributed by atoms with Gasteiger partial charge in [0.05, 0.1) is 5.69 Å². The van der Waals surface area contributed by atoms with E-state index in [1.54, 1.807) is 47.5 Å². The molecule has 1 aromatic carbocycles. The van der Waals surface area contributed by atoms with Crippen molar-refractivity contribution in [1.82, 2.24) is 19.7 Å². The van der Waals surface area contributed by atoms with E-state index in [9.17, 15) is 9.59 Å². The number of hydrogen-bond donors (Lipinski definition) is 1. The van der Waals surface area contributed by atoms with Crippen molar-refractivity contribution in [3.8, 4) is 5.69 Å². The van der Waals surface area contributed by atoms with Crippen LogP contribution in [0, 0.1) is 6.92 Å². The van der Waals surface area contributed by atoms with Crippen molar-refractivity contribution < 1.29 is 9.59 Å². The Bertz CT molecular complexity index is 1010. The molecule has 4 rings (SSSR count). The molecule has 3 heterocycles. The number of nitrogens with one attached hydrogen (secondary N) is 1. The second-order valence-corrected chi connectivity index (χ2v) is 6.78. The molecule has 142 valence electrons. The lowest BCUT2D eigenvalue weighted by atomic mass is 10.1. The van der Waals surface area contributed by atoms with Crippen molar-refractivity contribution in [3.05, 3.63) is 71.8 Å². The maximum absolute atomic E-state index is 12.7. The summed E-state index contributed by atoms with van der Waals surface area (Å²) in [5.41, 5.74) is 3.03. The van der Waals surface area contributed by atoms with Gasteiger partial charge in [0.1, 0.15) is 5.69 Å². The average Bonchev–Trinajstić information content (AvgIpc) is 3.43. The largest absolute Gasteiger partial charge is 0.339 e. The van der Waals surface area contributed by atoms with Crippen molar-refractivity contribution in [2.24, 2.45) is 0 Å². The highest BCUT2D eigenvalue weighted by molar-refractivity contribution is 6.05. The number of aromatic nitrogens is 3. The van der Waals surface area contributed by atoms with E-state index >= 15 is 0 Å². The van der Waals surface area contributed by atoms with Crippen LogP contribution in [0.15, 0.2) is 55.0 Å². The highest BCUT2D eigenvalue weighted by atomic mass is 16.2. The third kappa shape index (κ3) is 3.51. The van der Waals surface area contributed by atoms with Crippen LogP contribution in [0.25, 0.3) is 5.69 Å². The average molecular weight is 375 g/mol. The first-order valence-electron chi connectivity index (χ1n) is 9.30. The molecule has 1 saturated heterocycles.